The molecule has 1 saturated heterocycles. The van der Waals surface area contributed by atoms with Crippen LogP contribution in [0.2, 0.25) is 0 Å². The van der Waals surface area contributed by atoms with E-state index < -0.39 is 12.5 Å². The van der Waals surface area contributed by atoms with E-state index in [-0.39, 0.29) is 24.1 Å². The minimum Gasteiger partial charge on any atom is -0.453 e. The fourth-order valence-corrected chi connectivity index (χ4v) is 5.16. The van der Waals surface area contributed by atoms with E-state index in [2.05, 4.69) is 14.7 Å². The average Bonchev–Trinajstić information content (AvgIpc) is 3.44. The highest BCUT2D eigenvalue weighted by Crippen LogP contribution is 2.35. The molecule has 0 saturated carbocycles. The molecule has 0 aliphatic carbocycles. The summed E-state index contributed by atoms with van der Waals surface area (Å²) in [5.74, 6) is -0.825. The average molecular weight is 501 g/mol. The topological polar surface area (TPSA) is 84.9 Å². The number of carbonyl (C=O) groups is 2. The van der Waals surface area contributed by atoms with Gasteiger partial charge in [0, 0.05) is 36.1 Å². The normalized spacial score (nSPS) is 15.0. The Morgan fingerprint density at radius 1 is 1.27 bits per heavy atom. The van der Waals surface area contributed by atoms with Crippen LogP contribution in [0, 0.1) is 5.92 Å². The number of fused-ring (bicyclic) bond motifs is 1. The van der Waals surface area contributed by atoms with Gasteiger partial charge in [-0.1, -0.05) is 11.3 Å². The van der Waals surface area contributed by atoms with E-state index >= 15 is 0 Å². The number of anilines is 1. The number of ether oxygens (including phenoxy) is 2. The first-order valence-corrected chi connectivity index (χ1v) is 11.6. The first-order valence-electron chi connectivity index (χ1n) is 9.91. The molecule has 1 fully saturated rings. The van der Waals surface area contributed by atoms with Gasteiger partial charge in [0.15, 0.2) is 5.13 Å². The maximum absolute atomic E-state index is 13.5. The lowest BCUT2D eigenvalue weighted by Gasteiger charge is -2.32. The minimum absolute atomic E-state index is 0.154. The third-order valence-corrected chi connectivity index (χ3v) is 6.96. The highest BCUT2D eigenvalue weighted by molar-refractivity contribution is 7.22. The SMILES string of the molecule is COC(=O)N1CCC(C(=O)N(Cc2cncs2)c2nc3ccc(OC(F)(F)F)cc3s2)CC1. The second kappa shape index (κ2) is 9.51. The van der Waals surface area contributed by atoms with Gasteiger partial charge in [0.2, 0.25) is 5.91 Å². The number of likely N-dealkylation sites (tertiary alicyclic amines) is 1. The molecule has 0 N–H and O–H groups in total. The first-order chi connectivity index (χ1) is 15.7. The van der Waals surface area contributed by atoms with Crippen molar-refractivity contribution in [3.05, 3.63) is 34.8 Å². The van der Waals surface area contributed by atoms with Crippen molar-refractivity contribution in [3.63, 3.8) is 0 Å². The monoisotopic (exact) mass is 500 g/mol. The molecule has 3 heterocycles. The van der Waals surface area contributed by atoms with Gasteiger partial charge >= 0.3 is 12.5 Å². The van der Waals surface area contributed by atoms with Crippen LogP contribution in [-0.2, 0) is 16.1 Å². The Bertz CT molecular complexity index is 1130. The number of nitrogens with zero attached hydrogens (tertiary/aromatic N) is 4. The van der Waals surface area contributed by atoms with E-state index in [1.54, 1.807) is 21.5 Å². The van der Waals surface area contributed by atoms with Crippen molar-refractivity contribution in [1.82, 2.24) is 14.9 Å². The van der Waals surface area contributed by atoms with Crippen LogP contribution >= 0.6 is 22.7 Å². The number of hydrogen-bond acceptors (Lipinski definition) is 8. The number of halogens is 3. The zero-order chi connectivity index (χ0) is 23.6. The van der Waals surface area contributed by atoms with E-state index in [4.69, 9.17) is 4.74 Å². The quantitative estimate of drug-likeness (QED) is 0.507. The molecule has 0 unspecified atom stereocenters. The number of hydrogen-bond donors (Lipinski definition) is 0. The van der Waals surface area contributed by atoms with Crippen LogP contribution in [0.1, 0.15) is 17.7 Å². The zero-order valence-corrected chi connectivity index (χ0v) is 19.0. The van der Waals surface area contributed by atoms with Gasteiger partial charge in [-0.2, -0.15) is 0 Å². The number of rotatable bonds is 5. The van der Waals surface area contributed by atoms with Gasteiger partial charge in [-0.15, -0.1) is 24.5 Å². The molecule has 13 heteroatoms. The Kier molecular flexibility index (Phi) is 6.70. The van der Waals surface area contributed by atoms with Crippen molar-refractivity contribution in [2.75, 3.05) is 25.1 Å². The van der Waals surface area contributed by atoms with Crippen molar-refractivity contribution in [1.29, 1.82) is 0 Å². The lowest BCUT2D eigenvalue weighted by Crippen LogP contribution is -2.44. The van der Waals surface area contributed by atoms with Crippen molar-refractivity contribution < 1.29 is 32.2 Å². The molecule has 1 aliphatic rings. The van der Waals surface area contributed by atoms with Crippen LogP contribution in [0.5, 0.6) is 5.75 Å². The second-order valence-corrected chi connectivity index (χ2v) is 9.28. The predicted octanol–water partition coefficient (Wildman–Crippen LogP) is 4.66. The van der Waals surface area contributed by atoms with Crippen LogP contribution in [0.25, 0.3) is 10.2 Å². The third kappa shape index (κ3) is 5.53. The Balaban J connectivity index is 1.58. The zero-order valence-electron chi connectivity index (χ0n) is 17.4. The summed E-state index contributed by atoms with van der Waals surface area (Å²) in [5.41, 5.74) is 2.12. The van der Waals surface area contributed by atoms with Gasteiger partial charge < -0.3 is 14.4 Å². The molecule has 0 bridgehead atoms. The third-order valence-electron chi connectivity index (χ3n) is 5.15. The van der Waals surface area contributed by atoms with Gasteiger partial charge in [-0.25, -0.2) is 9.78 Å². The van der Waals surface area contributed by atoms with Crippen LogP contribution in [0.4, 0.5) is 23.1 Å². The maximum Gasteiger partial charge on any atom is 0.573 e. The lowest BCUT2D eigenvalue weighted by molar-refractivity contribution is -0.274. The van der Waals surface area contributed by atoms with Crippen LogP contribution in [0.3, 0.4) is 0 Å². The summed E-state index contributed by atoms with van der Waals surface area (Å²) in [5, 5.41) is 0.378. The molecular formula is C20H19F3N4O4S2. The summed E-state index contributed by atoms with van der Waals surface area (Å²) in [4.78, 5) is 37.7. The molecule has 1 aromatic carbocycles. The van der Waals surface area contributed by atoms with E-state index in [9.17, 15) is 22.8 Å². The Morgan fingerprint density at radius 2 is 2.03 bits per heavy atom. The molecule has 2 aromatic heterocycles. The second-order valence-electron chi connectivity index (χ2n) is 7.30. The number of benzene rings is 1. The number of aromatic nitrogens is 2. The van der Waals surface area contributed by atoms with Gasteiger partial charge in [0.25, 0.3) is 0 Å². The van der Waals surface area contributed by atoms with Crippen LogP contribution in [0.15, 0.2) is 29.9 Å². The minimum atomic E-state index is -4.80. The predicted molar refractivity (Wildman–Crippen MR) is 116 cm³/mol. The van der Waals surface area contributed by atoms with Gasteiger partial charge in [-0.3, -0.25) is 14.7 Å². The summed E-state index contributed by atoms with van der Waals surface area (Å²) in [6, 6.07) is 3.88. The summed E-state index contributed by atoms with van der Waals surface area (Å²) in [7, 11) is 1.31. The van der Waals surface area contributed by atoms with Crippen LogP contribution < -0.4 is 9.64 Å². The highest BCUT2D eigenvalue weighted by Gasteiger charge is 2.33. The molecule has 1 aliphatic heterocycles. The summed E-state index contributed by atoms with van der Waals surface area (Å²) >= 11 is 2.51. The van der Waals surface area contributed by atoms with E-state index in [0.29, 0.717) is 41.3 Å². The molecule has 0 atom stereocenters. The number of carbonyl (C=O) groups excluding carboxylic acids is 2. The largest absolute Gasteiger partial charge is 0.573 e. The number of methoxy groups -OCH3 is 1. The molecule has 3 aromatic rings. The number of thiazole rings is 2. The number of piperidine rings is 1. The van der Waals surface area contributed by atoms with Gasteiger partial charge in [0.1, 0.15) is 5.75 Å². The summed E-state index contributed by atoms with van der Waals surface area (Å²) in [6.07, 6.45) is -2.61. The van der Waals surface area contributed by atoms with Crippen molar-refractivity contribution >= 4 is 50.0 Å². The molecule has 176 valence electrons. The molecule has 0 spiro atoms. The van der Waals surface area contributed by atoms with Crippen molar-refractivity contribution in [2.45, 2.75) is 25.7 Å². The highest BCUT2D eigenvalue weighted by atomic mass is 32.1. The van der Waals surface area contributed by atoms with Crippen molar-refractivity contribution in [3.8, 4) is 5.75 Å². The summed E-state index contributed by atoms with van der Waals surface area (Å²) < 4.78 is 46.9. The molecule has 4 rings (SSSR count). The maximum atomic E-state index is 13.5. The smallest absolute Gasteiger partial charge is 0.453 e. The van der Waals surface area contributed by atoms with Crippen molar-refractivity contribution in [2.24, 2.45) is 5.92 Å². The van der Waals surface area contributed by atoms with E-state index in [1.165, 1.54) is 36.6 Å². The van der Waals surface area contributed by atoms with Crippen LogP contribution in [-0.4, -0.2) is 53.4 Å². The van der Waals surface area contributed by atoms with Gasteiger partial charge in [-0.05, 0) is 25.0 Å². The molecular weight excluding hydrogens is 481 g/mol. The number of alkyl halides is 3. The molecule has 33 heavy (non-hydrogen) atoms. The summed E-state index contributed by atoms with van der Waals surface area (Å²) in [6.45, 7) is 1.04. The Morgan fingerprint density at radius 3 is 2.67 bits per heavy atom. The first kappa shape index (κ1) is 23.2. The van der Waals surface area contributed by atoms with E-state index in [0.717, 1.165) is 16.2 Å². The fourth-order valence-electron chi connectivity index (χ4n) is 3.58. The van der Waals surface area contributed by atoms with Gasteiger partial charge in [0.05, 0.1) is 29.4 Å². The Labute approximate surface area is 194 Å². The number of amides is 2. The van der Waals surface area contributed by atoms with E-state index in [1.807, 2.05) is 0 Å². The Hall–Kier alpha value is -2.93. The molecule has 2 amide bonds. The lowest BCUT2D eigenvalue weighted by atomic mass is 9.95. The molecule has 8 nitrogen and oxygen atoms in total. The standard InChI is InChI=1S/C20H19F3N4O4S2/c1-30-19(29)26-6-4-12(5-7-26)17(28)27(10-14-9-24-11-32-14)18-25-15-3-2-13(8-16(15)33-18)31-20(21,22)23/h2-3,8-9,11-12H,4-7,10H2,1H3. The fraction of sp³-hybridized carbons (Fsp3) is 0.400. The molecule has 0 radical (unpaired) electrons.